The topological polar surface area (TPSA) is 35.8 Å². The standard InChI is InChI=1S/C11H13ClN2/c1-8(6-7-13)14-11-5-3-4-10(12)9(11)2/h3-5,8,14H,6H2,1-2H3. The Morgan fingerprint density at radius 1 is 1.57 bits per heavy atom. The van der Waals surface area contributed by atoms with Crippen molar-refractivity contribution in [2.75, 3.05) is 5.32 Å². The fourth-order valence-corrected chi connectivity index (χ4v) is 1.39. The van der Waals surface area contributed by atoms with E-state index >= 15 is 0 Å². The zero-order valence-electron chi connectivity index (χ0n) is 8.34. The molecule has 0 fully saturated rings. The molecule has 1 atom stereocenters. The third-order valence-corrected chi connectivity index (χ3v) is 2.48. The van der Waals surface area contributed by atoms with Crippen LogP contribution in [0.3, 0.4) is 0 Å². The summed E-state index contributed by atoms with van der Waals surface area (Å²) in [5.74, 6) is 0. The molecule has 0 bridgehead atoms. The van der Waals surface area contributed by atoms with E-state index in [1.54, 1.807) is 0 Å². The first kappa shape index (κ1) is 10.9. The Kier molecular flexibility index (Phi) is 3.79. The van der Waals surface area contributed by atoms with Gasteiger partial charge in [0, 0.05) is 16.8 Å². The van der Waals surface area contributed by atoms with Gasteiger partial charge in [-0.15, -0.1) is 0 Å². The molecule has 1 aromatic carbocycles. The molecule has 0 saturated heterocycles. The van der Waals surface area contributed by atoms with Crippen molar-refractivity contribution >= 4 is 17.3 Å². The van der Waals surface area contributed by atoms with Gasteiger partial charge in [0.05, 0.1) is 12.5 Å². The predicted octanol–water partition coefficient (Wildman–Crippen LogP) is 3.36. The zero-order chi connectivity index (χ0) is 10.6. The van der Waals surface area contributed by atoms with Crippen molar-refractivity contribution < 1.29 is 0 Å². The van der Waals surface area contributed by atoms with Crippen LogP contribution in [0.15, 0.2) is 18.2 Å². The molecule has 1 aromatic rings. The Balaban J connectivity index is 2.77. The number of nitrogens with zero attached hydrogens (tertiary/aromatic N) is 1. The second kappa shape index (κ2) is 4.88. The van der Waals surface area contributed by atoms with Gasteiger partial charge in [0.2, 0.25) is 0 Å². The van der Waals surface area contributed by atoms with Crippen LogP contribution in [0.5, 0.6) is 0 Å². The third-order valence-electron chi connectivity index (χ3n) is 2.07. The second-order valence-corrected chi connectivity index (χ2v) is 3.73. The highest BCUT2D eigenvalue weighted by Gasteiger charge is 2.05. The maximum absolute atomic E-state index is 8.52. The van der Waals surface area contributed by atoms with Crippen LogP contribution >= 0.6 is 11.6 Å². The minimum atomic E-state index is 0.150. The van der Waals surface area contributed by atoms with Gasteiger partial charge in [-0.25, -0.2) is 0 Å². The van der Waals surface area contributed by atoms with Gasteiger partial charge in [-0.1, -0.05) is 17.7 Å². The van der Waals surface area contributed by atoms with Crippen molar-refractivity contribution in [1.29, 1.82) is 5.26 Å². The lowest BCUT2D eigenvalue weighted by Gasteiger charge is -2.14. The van der Waals surface area contributed by atoms with Crippen LogP contribution in [-0.4, -0.2) is 6.04 Å². The smallest absolute Gasteiger partial charge is 0.0643 e. The Hall–Kier alpha value is -1.20. The van der Waals surface area contributed by atoms with Gasteiger partial charge < -0.3 is 5.32 Å². The van der Waals surface area contributed by atoms with E-state index < -0.39 is 0 Å². The molecule has 14 heavy (non-hydrogen) atoms. The minimum absolute atomic E-state index is 0.150. The quantitative estimate of drug-likeness (QED) is 0.827. The largest absolute Gasteiger partial charge is 0.381 e. The van der Waals surface area contributed by atoms with Crippen LogP contribution in [-0.2, 0) is 0 Å². The highest BCUT2D eigenvalue weighted by Crippen LogP contribution is 2.23. The van der Waals surface area contributed by atoms with Crippen molar-refractivity contribution in [2.24, 2.45) is 0 Å². The Bertz CT molecular complexity index is 355. The number of anilines is 1. The summed E-state index contributed by atoms with van der Waals surface area (Å²) in [6.45, 7) is 3.94. The van der Waals surface area contributed by atoms with E-state index in [1.807, 2.05) is 32.0 Å². The fourth-order valence-electron chi connectivity index (χ4n) is 1.22. The van der Waals surface area contributed by atoms with Gasteiger partial charge in [-0.2, -0.15) is 5.26 Å². The van der Waals surface area contributed by atoms with Crippen LogP contribution in [0.4, 0.5) is 5.69 Å². The number of hydrogen-bond acceptors (Lipinski definition) is 2. The van der Waals surface area contributed by atoms with E-state index in [9.17, 15) is 0 Å². The van der Waals surface area contributed by atoms with Crippen molar-refractivity contribution in [3.63, 3.8) is 0 Å². The average Bonchev–Trinajstić information content (AvgIpc) is 2.13. The van der Waals surface area contributed by atoms with E-state index in [-0.39, 0.29) is 6.04 Å². The Morgan fingerprint density at radius 3 is 2.93 bits per heavy atom. The lowest BCUT2D eigenvalue weighted by atomic mass is 10.1. The van der Waals surface area contributed by atoms with E-state index in [0.29, 0.717) is 6.42 Å². The van der Waals surface area contributed by atoms with Crippen LogP contribution in [0.1, 0.15) is 18.9 Å². The van der Waals surface area contributed by atoms with E-state index in [0.717, 1.165) is 16.3 Å². The van der Waals surface area contributed by atoms with Crippen molar-refractivity contribution in [3.8, 4) is 6.07 Å². The minimum Gasteiger partial charge on any atom is -0.381 e. The van der Waals surface area contributed by atoms with Gasteiger partial charge in [-0.3, -0.25) is 0 Å². The molecule has 0 radical (unpaired) electrons. The molecule has 0 aromatic heterocycles. The predicted molar refractivity (Wildman–Crippen MR) is 59.5 cm³/mol. The number of rotatable bonds is 3. The van der Waals surface area contributed by atoms with E-state index in [1.165, 1.54) is 0 Å². The van der Waals surface area contributed by atoms with Gasteiger partial charge in [0.15, 0.2) is 0 Å². The first-order chi connectivity index (χ1) is 6.65. The average molecular weight is 209 g/mol. The molecule has 0 saturated carbocycles. The molecule has 0 amide bonds. The molecule has 1 N–H and O–H groups in total. The maximum Gasteiger partial charge on any atom is 0.0643 e. The molecule has 3 heteroatoms. The normalized spacial score (nSPS) is 11.9. The SMILES string of the molecule is Cc1c(Cl)cccc1NC(C)CC#N. The van der Waals surface area contributed by atoms with Gasteiger partial charge in [0.1, 0.15) is 0 Å². The van der Waals surface area contributed by atoms with E-state index in [4.69, 9.17) is 16.9 Å². The van der Waals surface area contributed by atoms with Crippen molar-refractivity contribution in [1.82, 2.24) is 0 Å². The second-order valence-electron chi connectivity index (χ2n) is 3.32. The summed E-state index contributed by atoms with van der Waals surface area (Å²) in [7, 11) is 0. The maximum atomic E-state index is 8.52. The summed E-state index contributed by atoms with van der Waals surface area (Å²) >= 11 is 5.97. The van der Waals surface area contributed by atoms with Gasteiger partial charge in [-0.05, 0) is 31.5 Å². The van der Waals surface area contributed by atoms with Crippen LogP contribution in [0.2, 0.25) is 5.02 Å². The number of hydrogen-bond donors (Lipinski definition) is 1. The number of nitriles is 1. The first-order valence-corrected chi connectivity index (χ1v) is 4.91. The molecule has 0 heterocycles. The summed E-state index contributed by atoms with van der Waals surface area (Å²) in [5, 5.41) is 12.5. The molecule has 0 aliphatic rings. The molecule has 0 aliphatic carbocycles. The summed E-state index contributed by atoms with van der Waals surface area (Å²) in [5.41, 5.74) is 2.03. The monoisotopic (exact) mass is 208 g/mol. The lowest BCUT2D eigenvalue weighted by molar-refractivity contribution is 0.820. The van der Waals surface area contributed by atoms with Gasteiger partial charge in [0.25, 0.3) is 0 Å². The first-order valence-electron chi connectivity index (χ1n) is 4.53. The Labute approximate surface area is 89.5 Å². The molecule has 1 rings (SSSR count). The van der Waals surface area contributed by atoms with Crippen LogP contribution in [0.25, 0.3) is 0 Å². The number of halogens is 1. The molecule has 1 unspecified atom stereocenters. The summed E-state index contributed by atoms with van der Waals surface area (Å²) in [6.07, 6.45) is 0.492. The van der Waals surface area contributed by atoms with Crippen molar-refractivity contribution in [3.05, 3.63) is 28.8 Å². The van der Waals surface area contributed by atoms with E-state index in [2.05, 4.69) is 11.4 Å². The summed E-state index contributed by atoms with van der Waals surface area (Å²) in [4.78, 5) is 0. The molecule has 74 valence electrons. The molecule has 2 nitrogen and oxygen atoms in total. The zero-order valence-corrected chi connectivity index (χ0v) is 9.10. The number of benzene rings is 1. The summed E-state index contributed by atoms with van der Waals surface area (Å²) < 4.78 is 0. The molecular weight excluding hydrogens is 196 g/mol. The van der Waals surface area contributed by atoms with Crippen LogP contribution in [0, 0.1) is 18.3 Å². The Morgan fingerprint density at radius 2 is 2.29 bits per heavy atom. The molecule has 0 spiro atoms. The molecular formula is C11H13ClN2. The lowest BCUT2D eigenvalue weighted by Crippen LogP contribution is -2.14. The number of nitrogens with one attached hydrogen (secondary N) is 1. The van der Waals surface area contributed by atoms with Gasteiger partial charge >= 0.3 is 0 Å². The fraction of sp³-hybridized carbons (Fsp3) is 0.364. The van der Waals surface area contributed by atoms with Crippen LogP contribution < -0.4 is 5.32 Å². The highest BCUT2D eigenvalue weighted by atomic mass is 35.5. The molecule has 0 aliphatic heterocycles. The third kappa shape index (κ3) is 2.65. The summed E-state index contributed by atoms with van der Waals surface area (Å²) in [6, 6.07) is 8.00. The highest BCUT2D eigenvalue weighted by molar-refractivity contribution is 6.31. The van der Waals surface area contributed by atoms with Crippen molar-refractivity contribution in [2.45, 2.75) is 26.3 Å².